The maximum absolute atomic E-state index is 5.69. The van der Waals surface area contributed by atoms with Crippen molar-refractivity contribution in [3.63, 3.8) is 0 Å². The molecule has 1 saturated heterocycles. The molecule has 0 aliphatic carbocycles. The first-order valence-electron chi connectivity index (χ1n) is 6.02. The molecule has 0 aromatic heterocycles. The lowest BCUT2D eigenvalue weighted by Gasteiger charge is -2.00. The summed E-state index contributed by atoms with van der Waals surface area (Å²) in [5.41, 5.74) is 1.33. The van der Waals surface area contributed by atoms with E-state index in [0.29, 0.717) is 12.2 Å². The fraction of sp³-hybridized carbons (Fsp3) is 0.333. The maximum atomic E-state index is 5.69. The summed E-state index contributed by atoms with van der Waals surface area (Å²) >= 11 is 0. The van der Waals surface area contributed by atoms with Gasteiger partial charge in [0.2, 0.25) is 0 Å². The van der Waals surface area contributed by atoms with Gasteiger partial charge in [0.05, 0.1) is 6.10 Å². The summed E-state index contributed by atoms with van der Waals surface area (Å²) in [7, 11) is 0. The molecule has 2 atom stereocenters. The highest BCUT2D eigenvalue weighted by Crippen LogP contribution is 2.41. The predicted molar refractivity (Wildman–Crippen MR) is 66.5 cm³/mol. The lowest BCUT2D eigenvalue weighted by molar-refractivity contribution is 0.365. The molecule has 1 aliphatic heterocycles. The van der Waals surface area contributed by atoms with Crippen molar-refractivity contribution in [3.8, 4) is 0 Å². The second-order valence-corrected chi connectivity index (χ2v) is 4.49. The summed E-state index contributed by atoms with van der Waals surface area (Å²) in [5, 5.41) is 2.62. The molecule has 0 radical (unpaired) electrons. The van der Waals surface area contributed by atoms with Crippen molar-refractivity contribution in [3.05, 3.63) is 48.0 Å². The lowest BCUT2D eigenvalue weighted by atomic mass is 10.0. The van der Waals surface area contributed by atoms with E-state index in [1.54, 1.807) is 0 Å². The van der Waals surface area contributed by atoms with Gasteiger partial charge in [-0.1, -0.05) is 49.7 Å². The number of ether oxygens (including phenoxy) is 1. The van der Waals surface area contributed by atoms with E-state index in [2.05, 4.69) is 49.4 Å². The Hall–Kier alpha value is -1.34. The molecule has 1 heteroatoms. The first-order chi connectivity index (χ1) is 7.88. The smallest absolute Gasteiger partial charge is 0.109 e. The van der Waals surface area contributed by atoms with E-state index >= 15 is 0 Å². The molecule has 1 fully saturated rings. The predicted octanol–water partition coefficient (Wildman–Crippen LogP) is 4.08. The quantitative estimate of drug-likeness (QED) is 0.698. The largest absolute Gasteiger partial charge is 0.365 e. The Morgan fingerprint density at radius 2 is 1.88 bits per heavy atom. The Kier molecular flexibility index (Phi) is 2.41. The van der Waals surface area contributed by atoms with Crippen LogP contribution in [0.3, 0.4) is 0 Å². The van der Waals surface area contributed by atoms with E-state index < -0.39 is 0 Å². The topological polar surface area (TPSA) is 12.5 Å². The molecule has 2 aromatic rings. The Morgan fingerprint density at radius 1 is 1.06 bits per heavy atom. The number of epoxide rings is 1. The second kappa shape index (κ2) is 3.91. The van der Waals surface area contributed by atoms with Crippen LogP contribution in [-0.4, -0.2) is 6.10 Å². The summed E-state index contributed by atoms with van der Waals surface area (Å²) in [4.78, 5) is 0. The van der Waals surface area contributed by atoms with Crippen LogP contribution in [0.25, 0.3) is 10.8 Å². The van der Waals surface area contributed by atoms with Crippen molar-refractivity contribution in [1.29, 1.82) is 0 Å². The fourth-order valence-corrected chi connectivity index (χ4v) is 2.32. The van der Waals surface area contributed by atoms with Crippen molar-refractivity contribution >= 4 is 10.8 Å². The molecular formula is C15H16O. The van der Waals surface area contributed by atoms with Crippen LogP contribution in [-0.2, 0) is 4.74 Å². The van der Waals surface area contributed by atoms with E-state index in [-0.39, 0.29) is 0 Å². The van der Waals surface area contributed by atoms with E-state index in [1.807, 2.05) is 0 Å². The Balaban J connectivity index is 1.89. The molecule has 0 saturated carbocycles. The van der Waals surface area contributed by atoms with Crippen molar-refractivity contribution < 1.29 is 4.74 Å². The van der Waals surface area contributed by atoms with Gasteiger partial charge in [0.1, 0.15) is 6.10 Å². The summed E-state index contributed by atoms with van der Waals surface area (Å²) < 4.78 is 5.69. The third-order valence-electron chi connectivity index (χ3n) is 3.26. The Morgan fingerprint density at radius 3 is 2.69 bits per heavy atom. The van der Waals surface area contributed by atoms with Gasteiger partial charge in [0, 0.05) is 0 Å². The number of hydrogen-bond donors (Lipinski definition) is 0. The van der Waals surface area contributed by atoms with Crippen LogP contribution >= 0.6 is 0 Å². The van der Waals surface area contributed by atoms with Gasteiger partial charge >= 0.3 is 0 Å². The van der Waals surface area contributed by atoms with Crippen LogP contribution in [0.2, 0.25) is 0 Å². The summed E-state index contributed by atoms with van der Waals surface area (Å²) in [6.45, 7) is 2.21. The highest BCUT2D eigenvalue weighted by molar-refractivity contribution is 5.83. The number of fused-ring (bicyclic) bond motifs is 1. The summed E-state index contributed by atoms with van der Waals surface area (Å²) in [6.07, 6.45) is 3.20. The molecule has 1 heterocycles. The Bertz CT molecular complexity index is 504. The van der Waals surface area contributed by atoms with Crippen LogP contribution in [0, 0.1) is 0 Å². The van der Waals surface area contributed by atoms with Crippen LogP contribution in [0.1, 0.15) is 31.4 Å². The maximum Gasteiger partial charge on any atom is 0.109 e. The highest BCUT2D eigenvalue weighted by Gasteiger charge is 2.38. The lowest BCUT2D eigenvalue weighted by Crippen LogP contribution is -1.88. The molecule has 0 bridgehead atoms. The van der Waals surface area contributed by atoms with Gasteiger partial charge in [-0.2, -0.15) is 0 Å². The van der Waals surface area contributed by atoms with Gasteiger partial charge in [0.15, 0.2) is 0 Å². The summed E-state index contributed by atoms with van der Waals surface area (Å²) in [5.74, 6) is 0. The van der Waals surface area contributed by atoms with Crippen LogP contribution in [0.5, 0.6) is 0 Å². The number of benzene rings is 2. The normalized spacial score (nSPS) is 23.6. The molecule has 1 aliphatic rings. The fourth-order valence-electron chi connectivity index (χ4n) is 2.32. The van der Waals surface area contributed by atoms with Gasteiger partial charge in [0.25, 0.3) is 0 Å². The molecule has 0 amide bonds. The van der Waals surface area contributed by atoms with Gasteiger partial charge in [-0.05, 0) is 28.8 Å². The van der Waals surface area contributed by atoms with Crippen molar-refractivity contribution in [1.82, 2.24) is 0 Å². The Labute approximate surface area is 96.0 Å². The zero-order valence-electron chi connectivity index (χ0n) is 9.52. The molecule has 3 rings (SSSR count). The standard InChI is InChI=1S/C15H16O/c1-2-5-14-15(16-14)13-9-8-11-6-3-4-7-12(11)10-13/h3-4,6-10,14-15H,2,5H2,1H3. The monoisotopic (exact) mass is 212 g/mol. The highest BCUT2D eigenvalue weighted by atomic mass is 16.6. The van der Waals surface area contributed by atoms with E-state index in [1.165, 1.54) is 29.2 Å². The molecule has 82 valence electrons. The minimum atomic E-state index is 0.351. The number of rotatable bonds is 3. The van der Waals surface area contributed by atoms with Crippen LogP contribution < -0.4 is 0 Å². The van der Waals surface area contributed by atoms with Crippen molar-refractivity contribution in [2.45, 2.75) is 32.0 Å². The average molecular weight is 212 g/mol. The SMILES string of the molecule is CCCC1OC1c1ccc2ccccc2c1. The minimum Gasteiger partial charge on any atom is -0.365 e. The molecule has 1 nitrogen and oxygen atoms in total. The number of hydrogen-bond acceptors (Lipinski definition) is 1. The molecular weight excluding hydrogens is 196 g/mol. The van der Waals surface area contributed by atoms with Gasteiger partial charge in [-0.25, -0.2) is 0 Å². The molecule has 2 aromatic carbocycles. The first-order valence-corrected chi connectivity index (χ1v) is 6.02. The van der Waals surface area contributed by atoms with Crippen molar-refractivity contribution in [2.24, 2.45) is 0 Å². The van der Waals surface area contributed by atoms with Gasteiger partial charge in [-0.15, -0.1) is 0 Å². The molecule has 0 spiro atoms. The van der Waals surface area contributed by atoms with Gasteiger partial charge in [-0.3, -0.25) is 0 Å². The van der Waals surface area contributed by atoms with Crippen LogP contribution in [0.4, 0.5) is 0 Å². The third-order valence-corrected chi connectivity index (χ3v) is 3.26. The minimum absolute atomic E-state index is 0.351. The van der Waals surface area contributed by atoms with Crippen LogP contribution in [0.15, 0.2) is 42.5 Å². The van der Waals surface area contributed by atoms with E-state index in [0.717, 1.165) is 0 Å². The zero-order chi connectivity index (χ0) is 11.0. The first kappa shape index (κ1) is 9.86. The van der Waals surface area contributed by atoms with Gasteiger partial charge < -0.3 is 4.74 Å². The third kappa shape index (κ3) is 1.72. The summed E-state index contributed by atoms with van der Waals surface area (Å²) in [6, 6.07) is 15.1. The molecule has 16 heavy (non-hydrogen) atoms. The zero-order valence-corrected chi connectivity index (χ0v) is 9.52. The molecule has 2 unspecified atom stereocenters. The second-order valence-electron chi connectivity index (χ2n) is 4.49. The van der Waals surface area contributed by atoms with E-state index in [4.69, 9.17) is 4.74 Å². The molecule has 0 N–H and O–H groups in total. The van der Waals surface area contributed by atoms with E-state index in [9.17, 15) is 0 Å². The van der Waals surface area contributed by atoms with Crippen molar-refractivity contribution in [2.75, 3.05) is 0 Å². The average Bonchev–Trinajstić information content (AvgIpc) is 3.08.